The number of carbonyl (C=O) groups is 1. The molecule has 0 atom stereocenters. The van der Waals surface area contributed by atoms with Crippen LogP contribution in [0.3, 0.4) is 0 Å². The van der Waals surface area contributed by atoms with E-state index >= 15 is 0 Å². The molecule has 0 aliphatic carbocycles. The van der Waals surface area contributed by atoms with Gasteiger partial charge in [0, 0.05) is 37.3 Å². The highest BCUT2D eigenvalue weighted by atomic mass is 35.5. The van der Waals surface area contributed by atoms with Gasteiger partial charge in [0.25, 0.3) is 0 Å². The summed E-state index contributed by atoms with van der Waals surface area (Å²) in [6.45, 7) is 3.93. The smallest absolute Gasteiger partial charge is 0.227 e. The van der Waals surface area contributed by atoms with Gasteiger partial charge >= 0.3 is 0 Å². The minimum Gasteiger partial charge on any atom is -0.360 e. The molecule has 1 saturated heterocycles. The van der Waals surface area contributed by atoms with Gasteiger partial charge < -0.3 is 9.42 Å². The molecule has 3 rings (SSSR count). The van der Waals surface area contributed by atoms with Crippen LogP contribution in [0.2, 0.25) is 5.02 Å². The lowest BCUT2D eigenvalue weighted by molar-refractivity contribution is -0.132. The predicted molar refractivity (Wildman–Crippen MR) is 83.5 cm³/mol. The van der Waals surface area contributed by atoms with E-state index in [1.54, 1.807) is 6.20 Å². The quantitative estimate of drug-likeness (QED) is 0.867. The Labute approximate surface area is 134 Å². The Morgan fingerprint density at radius 3 is 2.73 bits per heavy atom. The lowest BCUT2D eigenvalue weighted by atomic mass is 10.1. The second-order valence-corrected chi connectivity index (χ2v) is 5.88. The number of piperazine rings is 1. The molecule has 0 bridgehead atoms. The van der Waals surface area contributed by atoms with E-state index in [0.717, 1.165) is 44.0 Å². The summed E-state index contributed by atoms with van der Waals surface area (Å²) in [6.07, 6.45) is 2.06. The largest absolute Gasteiger partial charge is 0.360 e. The van der Waals surface area contributed by atoms with Crippen LogP contribution in [0.1, 0.15) is 11.3 Å². The van der Waals surface area contributed by atoms with Gasteiger partial charge in [-0.15, -0.1) is 0 Å². The van der Waals surface area contributed by atoms with Gasteiger partial charge in [0.15, 0.2) is 5.76 Å². The van der Waals surface area contributed by atoms with E-state index in [2.05, 4.69) is 10.1 Å². The fraction of sp³-hybridized carbons (Fsp3) is 0.375. The van der Waals surface area contributed by atoms with E-state index in [0.29, 0.717) is 11.4 Å². The number of amides is 1. The third-order valence-corrected chi connectivity index (χ3v) is 4.08. The van der Waals surface area contributed by atoms with E-state index in [1.165, 1.54) is 0 Å². The lowest BCUT2D eigenvalue weighted by Gasteiger charge is -2.34. The van der Waals surface area contributed by atoms with Crippen LogP contribution >= 0.6 is 11.6 Å². The highest BCUT2D eigenvalue weighted by Crippen LogP contribution is 2.13. The molecule has 2 heterocycles. The third-order valence-electron chi connectivity index (χ3n) is 3.84. The fourth-order valence-electron chi connectivity index (χ4n) is 2.63. The first-order valence-electron chi connectivity index (χ1n) is 7.35. The van der Waals surface area contributed by atoms with Gasteiger partial charge in [0.05, 0.1) is 19.2 Å². The van der Waals surface area contributed by atoms with Crippen LogP contribution in [0.25, 0.3) is 0 Å². The van der Waals surface area contributed by atoms with Gasteiger partial charge in [-0.3, -0.25) is 9.69 Å². The highest BCUT2D eigenvalue weighted by molar-refractivity contribution is 6.30. The van der Waals surface area contributed by atoms with Gasteiger partial charge in [-0.2, -0.15) is 0 Å². The lowest BCUT2D eigenvalue weighted by Crippen LogP contribution is -2.48. The summed E-state index contributed by atoms with van der Waals surface area (Å²) in [5.41, 5.74) is 0.960. The summed E-state index contributed by atoms with van der Waals surface area (Å²) in [5.74, 6) is 1.01. The number of hydrogen-bond acceptors (Lipinski definition) is 4. The first-order valence-corrected chi connectivity index (χ1v) is 7.72. The molecular formula is C16H18ClN3O2. The Bertz CT molecular complexity index is 622. The molecule has 1 aliphatic rings. The van der Waals surface area contributed by atoms with Gasteiger partial charge in [-0.1, -0.05) is 28.9 Å². The van der Waals surface area contributed by atoms with Crippen LogP contribution in [-0.2, 0) is 17.8 Å². The molecule has 5 nitrogen and oxygen atoms in total. The average Bonchev–Trinajstić information content (AvgIpc) is 3.01. The van der Waals surface area contributed by atoms with Crippen molar-refractivity contribution in [2.75, 3.05) is 26.2 Å². The summed E-state index contributed by atoms with van der Waals surface area (Å²) >= 11 is 5.96. The molecule has 22 heavy (non-hydrogen) atoms. The molecule has 0 unspecified atom stereocenters. The van der Waals surface area contributed by atoms with Crippen LogP contribution in [0.5, 0.6) is 0 Å². The summed E-state index contributed by atoms with van der Waals surface area (Å²) in [7, 11) is 0. The molecule has 0 spiro atoms. The Morgan fingerprint density at radius 2 is 2.05 bits per heavy atom. The number of rotatable bonds is 4. The summed E-state index contributed by atoms with van der Waals surface area (Å²) in [4.78, 5) is 16.5. The van der Waals surface area contributed by atoms with Gasteiger partial charge in [0.1, 0.15) is 0 Å². The zero-order chi connectivity index (χ0) is 15.4. The van der Waals surface area contributed by atoms with Crippen molar-refractivity contribution in [2.45, 2.75) is 13.0 Å². The van der Waals surface area contributed by atoms with Crippen LogP contribution < -0.4 is 0 Å². The third kappa shape index (κ3) is 3.87. The molecule has 1 aromatic carbocycles. The van der Waals surface area contributed by atoms with E-state index in [4.69, 9.17) is 16.1 Å². The second-order valence-electron chi connectivity index (χ2n) is 5.44. The van der Waals surface area contributed by atoms with Crippen LogP contribution in [-0.4, -0.2) is 47.0 Å². The fourth-order valence-corrected chi connectivity index (χ4v) is 2.85. The summed E-state index contributed by atoms with van der Waals surface area (Å²) in [5, 5.41) is 4.38. The van der Waals surface area contributed by atoms with Crippen molar-refractivity contribution in [1.82, 2.24) is 15.0 Å². The molecule has 1 amide bonds. The summed E-state index contributed by atoms with van der Waals surface area (Å²) < 4.78 is 5.12. The van der Waals surface area contributed by atoms with Crippen LogP contribution in [0.15, 0.2) is 41.1 Å². The normalized spacial score (nSPS) is 16.0. The maximum Gasteiger partial charge on any atom is 0.227 e. The zero-order valence-electron chi connectivity index (χ0n) is 12.2. The number of benzene rings is 1. The Morgan fingerprint density at radius 1 is 1.23 bits per heavy atom. The monoisotopic (exact) mass is 319 g/mol. The number of hydrogen-bond donors (Lipinski definition) is 0. The maximum absolute atomic E-state index is 12.3. The van der Waals surface area contributed by atoms with Gasteiger partial charge in [-0.25, -0.2) is 0 Å². The van der Waals surface area contributed by atoms with Crippen molar-refractivity contribution in [3.8, 4) is 0 Å². The number of aromatic nitrogens is 1. The minimum absolute atomic E-state index is 0.154. The topological polar surface area (TPSA) is 49.6 Å². The van der Waals surface area contributed by atoms with Gasteiger partial charge in [0.2, 0.25) is 5.91 Å². The standard InChI is InChI=1S/C16H18ClN3O2/c17-14-3-1-2-13(10-14)11-16(21)20-8-6-19(7-9-20)12-15-4-5-18-22-15/h1-5,10H,6-9,11-12H2. The van der Waals surface area contributed by atoms with E-state index in [1.807, 2.05) is 35.2 Å². The van der Waals surface area contributed by atoms with E-state index in [-0.39, 0.29) is 5.91 Å². The highest BCUT2D eigenvalue weighted by Gasteiger charge is 2.21. The first kappa shape index (κ1) is 15.1. The summed E-state index contributed by atoms with van der Waals surface area (Å²) in [6, 6.07) is 9.35. The SMILES string of the molecule is O=C(Cc1cccc(Cl)c1)N1CCN(Cc2ccno2)CC1. The van der Waals surface area contributed by atoms with Crippen molar-refractivity contribution in [1.29, 1.82) is 0 Å². The molecule has 0 saturated carbocycles. The molecule has 2 aromatic rings. The van der Waals surface area contributed by atoms with Crippen molar-refractivity contribution in [3.05, 3.63) is 52.9 Å². The molecule has 0 N–H and O–H groups in total. The van der Waals surface area contributed by atoms with E-state index in [9.17, 15) is 4.79 Å². The van der Waals surface area contributed by atoms with E-state index < -0.39 is 0 Å². The maximum atomic E-state index is 12.3. The van der Waals surface area contributed by atoms with Crippen LogP contribution in [0, 0.1) is 0 Å². The predicted octanol–water partition coefficient (Wildman–Crippen LogP) is 2.21. The molecular weight excluding hydrogens is 302 g/mol. The molecule has 0 radical (unpaired) electrons. The van der Waals surface area contributed by atoms with Crippen molar-refractivity contribution >= 4 is 17.5 Å². The Hall–Kier alpha value is -1.85. The van der Waals surface area contributed by atoms with Crippen molar-refractivity contribution in [3.63, 3.8) is 0 Å². The number of halogens is 1. The van der Waals surface area contributed by atoms with Crippen molar-refractivity contribution in [2.24, 2.45) is 0 Å². The second kappa shape index (κ2) is 6.94. The molecule has 6 heteroatoms. The Kier molecular flexibility index (Phi) is 4.75. The number of carbonyl (C=O) groups excluding carboxylic acids is 1. The molecule has 116 valence electrons. The van der Waals surface area contributed by atoms with Crippen molar-refractivity contribution < 1.29 is 9.32 Å². The Balaban J connectivity index is 1.49. The zero-order valence-corrected chi connectivity index (χ0v) is 13.0. The minimum atomic E-state index is 0.154. The number of nitrogens with zero attached hydrogens (tertiary/aromatic N) is 3. The molecule has 1 aromatic heterocycles. The molecule has 1 fully saturated rings. The first-order chi connectivity index (χ1) is 10.7. The molecule has 1 aliphatic heterocycles. The van der Waals surface area contributed by atoms with Crippen LogP contribution in [0.4, 0.5) is 0 Å². The van der Waals surface area contributed by atoms with Gasteiger partial charge in [-0.05, 0) is 17.7 Å². The average molecular weight is 320 g/mol.